The molecule has 1 fully saturated rings. The number of carbonyl (C=O) groups excluding carboxylic acids is 2. The molecule has 0 saturated carbocycles. The number of esters is 1. The molecule has 1 rings (SSSR count). The summed E-state index contributed by atoms with van der Waals surface area (Å²) in [5.74, 6) is -2.05. The molecule has 0 bridgehead atoms. The number of methoxy groups -OCH3 is 1. The van der Waals surface area contributed by atoms with E-state index in [0.29, 0.717) is 6.61 Å². The Balaban J connectivity index is 3.10. The Morgan fingerprint density at radius 1 is 1.41 bits per heavy atom. The number of epoxide rings is 1. The van der Waals surface area contributed by atoms with Crippen molar-refractivity contribution in [1.29, 1.82) is 0 Å². The SMILES string of the molecule is C=C(/C(=C\C(F)=C/CF)CC(C(=O)OC)C1CO1)N(C)C(=O)OC(C)(C)C. The van der Waals surface area contributed by atoms with Crippen LogP contribution in [0.4, 0.5) is 13.6 Å². The summed E-state index contributed by atoms with van der Waals surface area (Å²) in [6, 6.07) is 0. The molecule has 1 saturated heterocycles. The third kappa shape index (κ3) is 7.50. The molecule has 0 N–H and O–H groups in total. The van der Waals surface area contributed by atoms with E-state index in [4.69, 9.17) is 14.2 Å². The monoisotopic (exact) mass is 387 g/mol. The molecule has 1 aliphatic rings. The van der Waals surface area contributed by atoms with Gasteiger partial charge < -0.3 is 14.2 Å². The van der Waals surface area contributed by atoms with Crippen LogP contribution >= 0.6 is 0 Å². The fourth-order valence-corrected chi connectivity index (χ4v) is 2.26. The van der Waals surface area contributed by atoms with Crippen LogP contribution in [0.15, 0.2) is 35.8 Å². The van der Waals surface area contributed by atoms with Gasteiger partial charge in [0.2, 0.25) is 0 Å². The molecule has 0 aromatic rings. The Morgan fingerprint density at radius 2 is 2.00 bits per heavy atom. The number of amides is 1. The highest BCUT2D eigenvalue weighted by molar-refractivity contribution is 5.75. The minimum absolute atomic E-state index is 0.0108. The first-order chi connectivity index (χ1) is 12.5. The molecule has 2 atom stereocenters. The predicted molar refractivity (Wildman–Crippen MR) is 96.2 cm³/mol. The third-order valence-electron chi connectivity index (χ3n) is 3.78. The molecule has 0 spiro atoms. The maximum absolute atomic E-state index is 13.9. The number of halogens is 2. The van der Waals surface area contributed by atoms with E-state index in [0.717, 1.165) is 17.1 Å². The highest BCUT2D eigenvalue weighted by Crippen LogP contribution is 2.31. The number of allylic oxidation sites excluding steroid dienone is 4. The van der Waals surface area contributed by atoms with Crippen molar-refractivity contribution in [1.82, 2.24) is 4.90 Å². The van der Waals surface area contributed by atoms with Crippen molar-refractivity contribution in [3.63, 3.8) is 0 Å². The quantitative estimate of drug-likeness (QED) is 0.361. The second kappa shape index (κ2) is 9.64. The number of hydrogen-bond acceptors (Lipinski definition) is 5. The number of hydrogen-bond donors (Lipinski definition) is 0. The molecule has 0 aromatic heterocycles. The first kappa shape index (κ1) is 22.8. The summed E-state index contributed by atoms with van der Waals surface area (Å²) in [7, 11) is 2.66. The Morgan fingerprint density at radius 3 is 2.44 bits per heavy atom. The molecule has 8 heteroatoms. The van der Waals surface area contributed by atoms with E-state index in [1.807, 2.05) is 0 Å². The molecule has 0 aliphatic carbocycles. The number of likely N-dealkylation sites (N-methyl/N-ethyl adjacent to an activating group) is 1. The van der Waals surface area contributed by atoms with Gasteiger partial charge in [-0.25, -0.2) is 13.6 Å². The summed E-state index contributed by atoms with van der Waals surface area (Å²) in [6.45, 7) is 8.33. The molecular formula is C19H27F2NO5. The zero-order valence-electron chi connectivity index (χ0n) is 16.4. The molecule has 1 heterocycles. The predicted octanol–water partition coefficient (Wildman–Crippen LogP) is 3.69. The van der Waals surface area contributed by atoms with Crippen LogP contribution in [-0.4, -0.2) is 56.1 Å². The fourth-order valence-electron chi connectivity index (χ4n) is 2.26. The summed E-state index contributed by atoms with van der Waals surface area (Å²) in [4.78, 5) is 25.4. The second-order valence-corrected chi connectivity index (χ2v) is 7.10. The topological polar surface area (TPSA) is 68.4 Å². The summed E-state index contributed by atoms with van der Waals surface area (Å²) in [5.41, 5.74) is -0.372. The van der Waals surface area contributed by atoms with E-state index in [1.54, 1.807) is 20.8 Å². The van der Waals surface area contributed by atoms with E-state index in [1.165, 1.54) is 14.2 Å². The number of nitrogens with zero attached hydrogens (tertiary/aromatic N) is 1. The maximum Gasteiger partial charge on any atom is 0.414 e. The van der Waals surface area contributed by atoms with Gasteiger partial charge in [-0.2, -0.15) is 0 Å². The Kier molecular flexibility index (Phi) is 8.15. The number of alkyl halides is 1. The smallest absolute Gasteiger partial charge is 0.414 e. The van der Waals surface area contributed by atoms with Crippen molar-refractivity contribution in [2.75, 3.05) is 27.4 Å². The molecule has 152 valence electrons. The lowest BCUT2D eigenvalue weighted by molar-refractivity contribution is -0.146. The van der Waals surface area contributed by atoms with Gasteiger partial charge in [0, 0.05) is 12.7 Å². The van der Waals surface area contributed by atoms with Gasteiger partial charge in [-0.05, 0) is 44.9 Å². The highest BCUT2D eigenvalue weighted by atomic mass is 19.1. The summed E-state index contributed by atoms with van der Waals surface area (Å²) < 4.78 is 41.5. The molecule has 0 radical (unpaired) electrons. The van der Waals surface area contributed by atoms with Gasteiger partial charge in [-0.15, -0.1) is 0 Å². The molecular weight excluding hydrogens is 360 g/mol. The maximum atomic E-state index is 13.9. The zero-order chi connectivity index (χ0) is 20.8. The average Bonchev–Trinajstić information content (AvgIpc) is 3.40. The lowest BCUT2D eigenvalue weighted by Gasteiger charge is -2.27. The van der Waals surface area contributed by atoms with Gasteiger partial charge in [0.15, 0.2) is 0 Å². The van der Waals surface area contributed by atoms with Gasteiger partial charge in [0.25, 0.3) is 0 Å². The molecule has 27 heavy (non-hydrogen) atoms. The van der Waals surface area contributed by atoms with Crippen molar-refractivity contribution < 1.29 is 32.6 Å². The second-order valence-electron chi connectivity index (χ2n) is 7.10. The number of ether oxygens (including phenoxy) is 3. The van der Waals surface area contributed by atoms with E-state index < -0.39 is 36.1 Å². The highest BCUT2D eigenvalue weighted by Gasteiger charge is 2.39. The largest absolute Gasteiger partial charge is 0.469 e. The van der Waals surface area contributed by atoms with Crippen LogP contribution in [0.25, 0.3) is 0 Å². The lowest BCUT2D eigenvalue weighted by Crippen LogP contribution is -2.34. The van der Waals surface area contributed by atoms with Crippen molar-refractivity contribution in [2.24, 2.45) is 5.92 Å². The zero-order valence-corrected chi connectivity index (χ0v) is 16.4. The Bertz CT molecular complexity index is 633. The van der Waals surface area contributed by atoms with Crippen molar-refractivity contribution in [3.05, 3.63) is 35.8 Å². The van der Waals surface area contributed by atoms with Gasteiger partial charge in [-0.1, -0.05) is 6.58 Å². The van der Waals surface area contributed by atoms with Crippen molar-refractivity contribution in [2.45, 2.75) is 38.9 Å². The first-order valence-corrected chi connectivity index (χ1v) is 8.47. The molecule has 1 amide bonds. The van der Waals surface area contributed by atoms with E-state index in [2.05, 4.69) is 6.58 Å². The summed E-state index contributed by atoms with van der Waals surface area (Å²) in [5, 5.41) is 0. The molecule has 1 aliphatic heterocycles. The van der Waals surface area contributed by atoms with Gasteiger partial charge in [0.05, 0.1) is 25.7 Å². The minimum Gasteiger partial charge on any atom is -0.469 e. The van der Waals surface area contributed by atoms with Crippen LogP contribution in [0.2, 0.25) is 0 Å². The Labute approximate surface area is 158 Å². The van der Waals surface area contributed by atoms with Gasteiger partial charge in [0.1, 0.15) is 18.1 Å². The van der Waals surface area contributed by atoms with Crippen LogP contribution in [0.1, 0.15) is 27.2 Å². The van der Waals surface area contributed by atoms with Crippen LogP contribution in [0.3, 0.4) is 0 Å². The minimum atomic E-state index is -0.990. The van der Waals surface area contributed by atoms with Crippen LogP contribution in [0, 0.1) is 5.92 Å². The van der Waals surface area contributed by atoms with E-state index in [-0.39, 0.29) is 23.8 Å². The standard InChI is InChI=1S/C19H27F2NO5/c1-12(22(5)18(24)27-19(2,3)4)13(9-14(21)7-8-20)10-15(16-11-26-16)17(23)25-6/h7,9,15-16H,1,8,10-11H2,2-6H3/b13-9-,14-7+. The lowest BCUT2D eigenvalue weighted by atomic mass is 9.94. The number of carbonyl (C=O) groups is 2. The third-order valence-corrected chi connectivity index (χ3v) is 3.78. The van der Waals surface area contributed by atoms with Crippen LogP contribution < -0.4 is 0 Å². The average molecular weight is 387 g/mol. The fraction of sp³-hybridized carbons (Fsp3) is 0.579. The molecule has 0 aromatic carbocycles. The van der Waals surface area contributed by atoms with E-state index in [9.17, 15) is 18.4 Å². The van der Waals surface area contributed by atoms with Gasteiger partial charge in [-0.3, -0.25) is 9.69 Å². The van der Waals surface area contributed by atoms with Crippen LogP contribution in [-0.2, 0) is 19.0 Å². The number of rotatable bonds is 8. The Hall–Kier alpha value is -2.22. The molecule has 2 unspecified atom stereocenters. The van der Waals surface area contributed by atoms with E-state index >= 15 is 0 Å². The van der Waals surface area contributed by atoms with Gasteiger partial charge >= 0.3 is 12.1 Å². The summed E-state index contributed by atoms with van der Waals surface area (Å²) in [6.07, 6.45) is 0.749. The van der Waals surface area contributed by atoms with Crippen molar-refractivity contribution in [3.8, 4) is 0 Å². The van der Waals surface area contributed by atoms with Crippen molar-refractivity contribution >= 4 is 12.1 Å². The van der Waals surface area contributed by atoms with Crippen LogP contribution in [0.5, 0.6) is 0 Å². The first-order valence-electron chi connectivity index (χ1n) is 8.47. The normalized spacial score (nSPS) is 18.6. The summed E-state index contributed by atoms with van der Waals surface area (Å²) >= 11 is 0. The molecule has 6 nitrogen and oxygen atoms in total.